The lowest BCUT2D eigenvalue weighted by Crippen LogP contribution is -2.19. The van der Waals surface area contributed by atoms with Crippen molar-refractivity contribution in [1.29, 1.82) is 0 Å². The summed E-state index contributed by atoms with van der Waals surface area (Å²) in [6.07, 6.45) is 20.4. The molecule has 4 atom stereocenters. The molecular weight excluding hydrogens is 336 g/mol. The molecule has 0 amide bonds. The number of hydrogen-bond acceptors (Lipinski definition) is 3. The number of hydrogen-bond donors (Lipinski definition) is 1. The summed E-state index contributed by atoms with van der Waals surface area (Å²) in [6, 6.07) is 4.54. The minimum Gasteiger partial charge on any atom is -0.445 e. The summed E-state index contributed by atoms with van der Waals surface area (Å²) in [5.74, 6) is 2.10. The maximum Gasteiger partial charge on any atom is 0.157 e. The Morgan fingerprint density at radius 2 is 2.07 bits per heavy atom. The fourth-order valence-corrected chi connectivity index (χ4v) is 4.54. The van der Waals surface area contributed by atoms with Crippen LogP contribution in [0.5, 0.6) is 0 Å². The lowest BCUT2D eigenvalue weighted by molar-refractivity contribution is 0.229. The lowest BCUT2D eigenvalue weighted by atomic mass is 9.78. The van der Waals surface area contributed by atoms with Gasteiger partial charge in [-0.2, -0.15) is 9.61 Å². The Labute approximate surface area is 158 Å². The van der Waals surface area contributed by atoms with Crippen molar-refractivity contribution in [2.45, 2.75) is 31.2 Å². The van der Waals surface area contributed by atoms with E-state index in [1.807, 2.05) is 16.8 Å². The number of aromatic nitrogens is 3. The average molecular weight is 361 g/mol. The largest absolute Gasteiger partial charge is 0.445 e. The van der Waals surface area contributed by atoms with Crippen molar-refractivity contribution in [3.63, 3.8) is 0 Å². The molecule has 2 unspecified atom stereocenters. The Balaban J connectivity index is 1.44. The van der Waals surface area contributed by atoms with Crippen LogP contribution in [0.1, 0.15) is 30.9 Å². The molecule has 0 bridgehead atoms. The van der Waals surface area contributed by atoms with Crippen molar-refractivity contribution in [2.24, 2.45) is 11.8 Å². The minimum atomic E-state index is 0.236. The van der Waals surface area contributed by atoms with Crippen molar-refractivity contribution in [3.05, 3.63) is 72.1 Å². The molecule has 5 nitrogen and oxygen atoms in total. The molecule has 5 rings (SSSR count). The third kappa shape index (κ3) is 3.02. The van der Waals surface area contributed by atoms with Gasteiger partial charge in [-0.1, -0.05) is 42.5 Å². The molecule has 2 aromatic heterocycles. The van der Waals surface area contributed by atoms with Gasteiger partial charge in [-0.05, 0) is 30.9 Å². The molecule has 0 radical (unpaired) electrons. The van der Waals surface area contributed by atoms with Crippen LogP contribution in [-0.2, 0) is 0 Å². The normalized spacial score (nSPS) is 29.1. The summed E-state index contributed by atoms with van der Waals surface area (Å²) in [4.78, 5) is 4.53. The molecule has 0 spiro atoms. The number of nitrogens with one attached hydrogen (secondary N) is 1. The first kappa shape index (κ1) is 16.5. The van der Waals surface area contributed by atoms with Crippen LogP contribution >= 0.6 is 0 Å². The zero-order valence-corrected chi connectivity index (χ0v) is 15.3. The highest BCUT2D eigenvalue weighted by Gasteiger charge is 2.28. The van der Waals surface area contributed by atoms with Gasteiger partial charge < -0.3 is 10.4 Å². The first-order valence-electron chi connectivity index (χ1n) is 9.81. The molecule has 0 aliphatic heterocycles. The number of anilines is 1. The van der Waals surface area contributed by atoms with E-state index in [-0.39, 0.29) is 5.92 Å². The van der Waals surface area contributed by atoms with Gasteiger partial charge in [0.05, 0.1) is 5.69 Å². The highest BCUT2D eigenvalue weighted by atomic mass is 16.3. The van der Waals surface area contributed by atoms with E-state index in [0.29, 0.717) is 24.5 Å². The molecule has 0 aromatic carbocycles. The molecule has 0 saturated heterocycles. The number of rotatable bonds is 4. The van der Waals surface area contributed by atoms with E-state index in [1.54, 1.807) is 0 Å². The average Bonchev–Trinajstić information content (AvgIpc) is 3.35. The summed E-state index contributed by atoms with van der Waals surface area (Å²) in [5, 5.41) is 16.2. The van der Waals surface area contributed by atoms with Crippen LogP contribution in [0.2, 0.25) is 0 Å². The summed E-state index contributed by atoms with van der Waals surface area (Å²) in [7, 11) is 0. The third-order valence-electron chi connectivity index (χ3n) is 6.00. The predicted octanol–water partition coefficient (Wildman–Crippen LogP) is 3.36. The fraction of sp³-hybridized carbons (Fsp3) is 0.364. The van der Waals surface area contributed by atoms with Gasteiger partial charge in [-0.15, -0.1) is 0 Å². The highest BCUT2D eigenvalue weighted by molar-refractivity contribution is 5.52. The summed E-state index contributed by atoms with van der Waals surface area (Å²) < 4.78 is 1.94. The zero-order valence-electron chi connectivity index (χ0n) is 15.3. The van der Waals surface area contributed by atoms with Crippen molar-refractivity contribution in [1.82, 2.24) is 14.6 Å². The number of nitrogens with zero attached hydrogens (tertiary/aromatic N) is 3. The molecule has 1 fully saturated rings. The topological polar surface area (TPSA) is 65.1 Å². The minimum absolute atomic E-state index is 0.236. The van der Waals surface area contributed by atoms with Gasteiger partial charge in [0.15, 0.2) is 5.65 Å². The van der Waals surface area contributed by atoms with E-state index in [2.05, 4.69) is 58.9 Å². The molecule has 138 valence electrons. The van der Waals surface area contributed by atoms with Crippen LogP contribution < -0.4 is 5.32 Å². The third-order valence-corrected chi connectivity index (χ3v) is 6.00. The molecule has 27 heavy (non-hydrogen) atoms. The SMILES string of the molecule is [OH2+]C[C@@H]1CC[C@H](Nc2ccnc3cc(C4C=CC=C5C=CC=CC54)nn23)C1. The van der Waals surface area contributed by atoms with Crippen LogP contribution in [0, 0.1) is 11.8 Å². The van der Waals surface area contributed by atoms with Gasteiger partial charge in [0, 0.05) is 36.1 Å². The standard InChI is InChI=1S/C22H24N4O/c27-14-15-8-9-17(12-15)24-21-10-11-23-22-13-20(25-26(21)22)19-7-3-5-16-4-1-2-6-18(16)19/h1-7,10-11,13,15,17-19,24,27H,8-9,12,14H2/p+1/t15-,17+,18?,19?/m1/s1. The van der Waals surface area contributed by atoms with Crippen molar-refractivity contribution in [3.8, 4) is 0 Å². The smallest absolute Gasteiger partial charge is 0.157 e. The molecule has 5 heteroatoms. The number of allylic oxidation sites excluding steroid dienone is 8. The maximum atomic E-state index is 7.62. The van der Waals surface area contributed by atoms with E-state index >= 15 is 0 Å². The summed E-state index contributed by atoms with van der Waals surface area (Å²) in [5.41, 5.74) is 3.27. The van der Waals surface area contributed by atoms with Gasteiger partial charge in [-0.25, -0.2) is 4.98 Å². The van der Waals surface area contributed by atoms with Gasteiger partial charge in [0.25, 0.3) is 0 Å². The first-order chi connectivity index (χ1) is 13.3. The maximum absolute atomic E-state index is 7.62. The molecule has 2 heterocycles. The number of fused-ring (bicyclic) bond motifs is 2. The van der Waals surface area contributed by atoms with Gasteiger partial charge in [-0.3, -0.25) is 0 Å². The van der Waals surface area contributed by atoms with E-state index in [4.69, 9.17) is 10.2 Å². The molecule has 3 aliphatic carbocycles. The quantitative estimate of drug-likeness (QED) is 0.849. The van der Waals surface area contributed by atoms with E-state index in [9.17, 15) is 0 Å². The van der Waals surface area contributed by atoms with Crippen LogP contribution in [-0.4, -0.2) is 32.4 Å². The van der Waals surface area contributed by atoms with Gasteiger partial charge >= 0.3 is 0 Å². The van der Waals surface area contributed by atoms with Crippen LogP contribution in [0.15, 0.2) is 66.4 Å². The first-order valence-corrected chi connectivity index (χ1v) is 9.81. The highest BCUT2D eigenvalue weighted by Crippen LogP contribution is 2.37. The lowest BCUT2D eigenvalue weighted by Gasteiger charge is -2.26. The second kappa shape index (κ2) is 6.82. The van der Waals surface area contributed by atoms with Gasteiger partial charge in [0.2, 0.25) is 0 Å². The van der Waals surface area contributed by atoms with E-state index < -0.39 is 0 Å². The van der Waals surface area contributed by atoms with Crippen LogP contribution in [0.3, 0.4) is 0 Å². The van der Waals surface area contributed by atoms with E-state index in [1.165, 1.54) is 5.57 Å². The van der Waals surface area contributed by atoms with Crippen molar-refractivity contribution >= 4 is 11.5 Å². The summed E-state index contributed by atoms with van der Waals surface area (Å²) in [6.45, 7) is 0.531. The fourth-order valence-electron chi connectivity index (χ4n) is 4.54. The Bertz CT molecular complexity index is 968. The van der Waals surface area contributed by atoms with Crippen LogP contribution in [0.4, 0.5) is 5.82 Å². The molecule has 3 N–H and O–H groups in total. The molecular formula is C22H25N4O+. The van der Waals surface area contributed by atoms with Crippen molar-refractivity contribution < 1.29 is 5.11 Å². The zero-order chi connectivity index (χ0) is 18.2. The molecule has 3 aliphatic rings. The summed E-state index contributed by atoms with van der Waals surface area (Å²) >= 11 is 0. The Morgan fingerprint density at radius 3 is 2.96 bits per heavy atom. The molecule has 2 aromatic rings. The Morgan fingerprint density at radius 1 is 1.15 bits per heavy atom. The predicted molar refractivity (Wildman–Crippen MR) is 108 cm³/mol. The second-order valence-electron chi connectivity index (χ2n) is 7.74. The van der Waals surface area contributed by atoms with Gasteiger partial charge in [0.1, 0.15) is 12.4 Å². The Kier molecular flexibility index (Phi) is 4.17. The monoisotopic (exact) mass is 361 g/mol. The van der Waals surface area contributed by atoms with Crippen LogP contribution in [0.25, 0.3) is 5.65 Å². The second-order valence-corrected chi connectivity index (χ2v) is 7.74. The van der Waals surface area contributed by atoms with Crippen molar-refractivity contribution in [2.75, 3.05) is 11.9 Å². The van der Waals surface area contributed by atoms with E-state index in [0.717, 1.165) is 36.4 Å². The molecule has 1 saturated carbocycles. The Hall–Kier alpha value is -2.66.